The van der Waals surface area contributed by atoms with Crippen molar-refractivity contribution in [3.63, 3.8) is 0 Å². The summed E-state index contributed by atoms with van der Waals surface area (Å²) in [6.07, 6.45) is 5.41. The summed E-state index contributed by atoms with van der Waals surface area (Å²) >= 11 is 0. The standard InChI is InChI=1S/C20H23N5O/c1-23-11-5-8-18(23)20(26)24(2)15-9-12-25(13-10-15)19-16-6-3-4-7-17(16)21-14-22-19/h3-8,11,14-15H,9-10,12-13H2,1-2H3. The first-order chi connectivity index (χ1) is 12.6. The lowest BCUT2D eigenvalue weighted by atomic mass is 10.0. The average molecular weight is 349 g/mol. The molecule has 1 aliphatic heterocycles. The number of hydrogen-bond acceptors (Lipinski definition) is 4. The van der Waals surface area contributed by atoms with Crippen LogP contribution in [0.1, 0.15) is 23.3 Å². The van der Waals surface area contributed by atoms with Gasteiger partial charge in [0, 0.05) is 44.8 Å². The number of aromatic nitrogens is 3. The molecule has 1 aliphatic rings. The molecule has 134 valence electrons. The summed E-state index contributed by atoms with van der Waals surface area (Å²) in [6, 6.07) is 12.1. The molecule has 26 heavy (non-hydrogen) atoms. The van der Waals surface area contributed by atoms with E-state index < -0.39 is 0 Å². The van der Waals surface area contributed by atoms with Gasteiger partial charge in [0.2, 0.25) is 0 Å². The van der Waals surface area contributed by atoms with Crippen molar-refractivity contribution in [2.45, 2.75) is 18.9 Å². The molecule has 2 aromatic heterocycles. The topological polar surface area (TPSA) is 54.3 Å². The third kappa shape index (κ3) is 2.92. The molecule has 3 aromatic rings. The van der Waals surface area contributed by atoms with Crippen LogP contribution in [-0.2, 0) is 7.05 Å². The van der Waals surface area contributed by atoms with E-state index in [2.05, 4.69) is 20.9 Å². The molecule has 4 rings (SSSR count). The van der Waals surface area contributed by atoms with Crippen molar-refractivity contribution in [1.29, 1.82) is 0 Å². The van der Waals surface area contributed by atoms with Gasteiger partial charge < -0.3 is 14.4 Å². The molecule has 0 bridgehead atoms. The number of carbonyl (C=O) groups excluding carboxylic acids is 1. The molecule has 1 saturated heterocycles. The van der Waals surface area contributed by atoms with E-state index in [0.29, 0.717) is 0 Å². The Labute approximate surface area is 153 Å². The molecule has 0 atom stereocenters. The zero-order chi connectivity index (χ0) is 18.1. The van der Waals surface area contributed by atoms with Gasteiger partial charge in [0.1, 0.15) is 17.8 Å². The normalized spacial score (nSPS) is 15.4. The van der Waals surface area contributed by atoms with Gasteiger partial charge in [0.25, 0.3) is 5.91 Å². The van der Waals surface area contributed by atoms with Crippen LogP contribution >= 0.6 is 0 Å². The Morgan fingerprint density at radius 2 is 1.88 bits per heavy atom. The molecule has 6 nitrogen and oxygen atoms in total. The predicted octanol–water partition coefficient (Wildman–Crippen LogP) is 2.71. The molecule has 0 N–H and O–H groups in total. The Morgan fingerprint density at radius 3 is 2.62 bits per heavy atom. The van der Waals surface area contributed by atoms with Crippen molar-refractivity contribution in [3.05, 3.63) is 54.6 Å². The molecular weight excluding hydrogens is 326 g/mol. The zero-order valence-electron chi connectivity index (χ0n) is 15.2. The van der Waals surface area contributed by atoms with E-state index in [-0.39, 0.29) is 11.9 Å². The third-order valence-electron chi connectivity index (χ3n) is 5.32. The van der Waals surface area contributed by atoms with Crippen molar-refractivity contribution < 1.29 is 4.79 Å². The number of fused-ring (bicyclic) bond motifs is 1. The second-order valence-electron chi connectivity index (χ2n) is 6.85. The summed E-state index contributed by atoms with van der Waals surface area (Å²) in [7, 11) is 3.82. The number of nitrogens with zero attached hydrogens (tertiary/aromatic N) is 5. The fourth-order valence-corrected chi connectivity index (χ4v) is 3.74. The van der Waals surface area contributed by atoms with Crippen LogP contribution in [0.25, 0.3) is 10.9 Å². The number of para-hydroxylation sites is 1. The monoisotopic (exact) mass is 349 g/mol. The zero-order valence-corrected chi connectivity index (χ0v) is 15.2. The maximum atomic E-state index is 12.7. The first-order valence-electron chi connectivity index (χ1n) is 8.98. The van der Waals surface area contributed by atoms with Gasteiger partial charge >= 0.3 is 0 Å². The van der Waals surface area contributed by atoms with Gasteiger partial charge in [-0.2, -0.15) is 0 Å². The second-order valence-corrected chi connectivity index (χ2v) is 6.85. The van der Waals surface area contributed by atoms with Crippen LogP contribution in [-0.4, -0.2) is 51.5 Å². The highest BCUT2D eigenvalue weighted by molar-refractivity contribution is 5.93. The maximum Gasteiger partial charge on any atom is 0.270 e. The molecule has 1 fully saturated rings. The van der Waals surface area contributed by atoms with Crippen LogP contribution in [0.15, 0.2) is 48.9 Å². The number of anilines is 1. The van der Waals surface area contributed by atoms with Crippen LogP contribution in [0.4, 0.5) is 5.82 Å². The lowest BCUT2D eigenvalue weighted by molar-refractivity contribution is 0.0699. The van der Waals surface area contributed by atoms with Crippen LogP contribution in [0.3, 0.4) is 0 Å². The van der Waals surface area contributed by atoms with Crippen molar-refractivity contribution >= 4 is 22.6 Å². The molecular formula is C20H23N5O. The largest absolute Gasteiger partial charge is 0.356 e. The number of hydrogen-bond donors (Lipinski definition) is 0. The van der Waals surface area contributed by atoms with Crippen molar-refractivity contribution in [3.8, 4) is 0 Å². The van der Waals surface area contributed by atoms with Gasteiger partial charge in [0.15, 0.2) is 0 Å². The van der Waals surface area contributed by atoms with Crippen molar-refractivity contribution in [2.24, 2.45) is 7.05 Å². The van der Waals surface area contributed by atoms with Crippen LogP contribution in [0, 0.1) is 0 Å². The summed E-state index contributed by atoms with van der Waals surface area (Å²) in [6.45, 7) is 1.77. The van der Waals surface area contributed by atoms with E-state index in [1.165, 1.54) is 0 Å². The van der Waals surface area contributed by atoms with Crippen molar-refractivity contribution in [2.75, 3.05) is 25.0 Å². The summed E-state index contributed by atoms with van der Waals surface area (Å²) in [4.78, 5) is 25.8. The molecule has 0 spiro atoms. The van der Waals surface area contributed by atoms with Crippen LogP contribution in [0.5, 0.6) is 0 Å². The molecule has 0 saturated carbocycles. The summed E-state index contributed by atoms with van der Waals surface area (Å²) in [5.74, 6) is 1.08. The highest BCUT2D eigenvalue weighted by Crippen LogP contribution is 2.26. The number of rotatable bonds is 3. The first kappa shape index (κ1) is 16.6. The van der Waals surface area contributed by atoms with Gasteiger partial charge in [0.05, 0.1) is 5.52 Å². The Kier molecular flexibility index (Phi) is 4.32. The van der Waals surface area contributed by atoms with Crippen LogP contribution < -0.4 is 4.90 Å². The third-order valence-corrected chi connectivity index (χ3v) is 5.32. The Hall–Kier alpha value is -2.89. The minimum Gasteiger partial charge on any atom is -0.356 e. The summed E-state index contributed by atoms with van der Waals surface area (Å²) in [5, 5.41) is 1.08. The molecule has 1 amide bonds. The smallest absolute Gasteiger partial charge is 0.270 e. The van der Waals surface area contributed by atoms with Crippen molar-refractivity contribution in [1.82, 2.24) is 19.4 Å². The van der Waals surface area contributed by atoms with Gasteiger partial charge in [-0.3, -0.25) is 4.79 Å². The molecule has 0 radical (unpaired) electrons. The Bertz CT molecular complexity index is 921. The maximum absolute atomic E-state index is 12.7. The second kappa shape index (κ2) is 6.78. The minimum absolute atomic E-state index is 0.0865. The summed E-state index contributed by atoms with van der Waals surface area (Å²) < 4.78 is 1.88. The Balaban J connectivity index is 1.47. The van der Waals surface area contributed by atoms with Gasteiger partial charge in [-0.15, -0.1) is 0 Å². The minimum atomic E-state index is 0.0865. The quantitative estimate of drug-likeness (QED) is 0.730. The first-order valence-corrected chi connectivity index (χ1v) is 8.98. The highest BCUT2D eigenvalue weighted by Gasteiger charge is 2.27. The lowest BCUT2D eigenvalue weighted by Gasteiger charge is -2.37. The van der Waals surface area contributed by atoms with E-state index in [9.17, 15) is 4.79 Å². The fraction of sp³-hybridized carbons (Fsp3) is 0.350. The number of benzene rings is 1. The number of aryl methyl sites for hydroxylation is 1. The van der Waals surface area contributed by atoms with Gasteiger partial charge in [-0.25, -0.2) is 9.97 Å². The molecule has 6 heteroatoms. The molecule has 1 aromatic carbocycles. The number of amides is 1. The molecule has 3 heterocycles. The number of carbonyl (C=O) groups is 1. The molecule has 0 aliphatic carbocycles. The summed E-state index contributed by atoms with van der Waals surface area (Å²) in [5.41, 5.74) is 1.70. The van der Waals surface area contributed by atoms with Crippen LogP contribution in [0.2, 0.25) is 0 Å². The number of piperidine rings is 1. The molecule has 0 unspecified atom stereocenters. The van der Waals surface area contributed by atoms with Gasteiger partial charge in [-0.05, 0) is 37.1 Å². The van der Waals surface area contributed by atoms with E-state index in [4.69, 9.17) is 0 Å². The predicted molar refractivity (Wildman–Crippen MR) is 102 cm³/mol. The van der Waals surface area contributed by atoms with E-state index >= 15 is 0 Å². The van der Waals surface area contributed by atoms with Gasteiger partial charge in [-0.1, -0.05) is 12.1 Å². The van der Waals surface area contributed by atoms with E-state index in [1.807, 2.05) is 60.1 Å². The fourth-order valence-electron chi connectivity index (χ4n) is 3.74. The Morgan fingerprint density at radius 1 is 1.12 bits per heavy atom. The average Bonchev–Trinajstić information content (AvgIpc) is 3.12. The van der Waals surface area contributed by atoms with E-state index in [0.717, 1.165) is 48.3 Å². The van der Waals surface area contributed by atoms with E-state index in [1.54, 1.807) is 6.33 Å². The lowest BCUT2D eigenvalue weighted by Crippen LogP contribution is -2.46. The highest BCUT2D eigenvalue weighted by atomic mass is 16.2. The SMILES string of the molecule is CN(C(=O)c1cccn1C)C1CCN(c2ncnc3ccccc23)CC1.